The van der Waals surface area contributed by atoms with E-state index in [0.717, 1.165) is 0 Å². The van der Waals surface area contributed by atoms with Crippen LogP contribution in [-0.2, 0) is 10.0 Å². The van der Waals surface area contributed by atoms with Gasteiger partial charge in [0.15, 0.2) is 0 Å². The first-order chi connectivity index (χ1) is 8.24. The molecule has 1 rings (SSSR count). The highest BCUT2D eigenvalue weighted by molar-refractivity contribution is 9.10. The zero-order valence-corrected chi connectivity index (χ0v) is 12.7. The van der Waals surface area contributed by atoms with Crippen molar-refractivity contribution in [1.82, 2.24) is 4.72 Å². The number of halogens is 1. The van der Waals surface area contributed by atoms with Gasteiger partial charge in [0.05, 0.1) is 17.8 Å². The van der Waals surface area contributed by atoms with Gasteiger partial charge in [0.25, 0.3) is 0 Å². The van der Waals surface area contributed by atoms with E-state index in [0.29, 0.717) is 10.9 Å². The summed E-state index contributed by atoms with van der Waals surface area (Å²) in [6, 6.07) is 4.62. The molecule has 0 bridgehead atoms. The molecule has 0 spiro atoms. The van der Waals surface area contributed by atoms with Gasteiger partial charge < -0.3 is 10.8 Å². The van der Waals surface area contributed by atoms with Gasteiger partial charge in [-0.05, 0) is 31.5 Å². The van der Waals surface area contributed by atoms with Gasteiger partial charge in [-0.15, -0.1) is 0 Å². The summed E-state index contributed by atoms with van der Waals surface area (Å²) in [5, 5.41) is 9.25. The number of benzene rings is 1. The number of nitrogens with one attached hydrogen (secondary N) is 1. The summed E-state index contributed by atoms with van der Waals surface area (Å²) in [6.07, 6.45) is 0.469. The molecule has 1 unspecified atom stereocenters. The summed E-state index contributed by atoms with van der Waals surface area (Å²) in [4.78, 5) is 0.00463. The maximum Gasteiger partial charge on any atom is 0.243 e. The van der Waals surface area contributed by atoms with Crippen LogP contribution in [0.15, 0.2) is 27.6 Å². The van der Waals surface area contributed by atoms with E-state index in [-0.39, 0.29) is 17.2 Å². The van der Waals surface area contributed by atoms with E-state index in [1.807, 2.05) is 0 Å². The second-order valence-corrected chi connectivity index (χ2v) is 6.93. The molecule has 0 amide bonds. The molecule has 1 aromatic rings. The maximum absolute atomic E-state index is 12.2. The number of hydrogen-bond acceptors (Lipinski definition) is 4. The fraction of sp³-hybridized carbons (Fsp3) is 0.455. The molecular weight excluding hydrogens is 320 g/mol. The van der Waals surface area contributed by atoms with Gasteiger partial charge in [0, 0.05) is 4.47 Å². The van der Waals surface area contributed by atoms with Crippen LogP contribution in [0.1, 0.15) is 20.3 Å². The van der Waals surface area contributed by atoms with E-state index in [2.05, 4.69) is 20.7 Å². The number of aliphatic hydroxyl groups excluding tert-OH is 1. The second-order valence-electron chi connectivity index (χ2n) is 4.36. The zero-order valence-electron chi connectivity index (χ0n) is 10.3. The van der Waals surface area contributed by atoms with Crippen molar-refractivity contribution in [1.29, 1.82) is 0 Å². The summed E-state index contributed by atoms with van der Waals surface area (Å²) in [6.45, 7) is 3.15. The summed E-state index contributed by atoms with van der Waals surface area (Å²) in [7, 11) is -3.76. The minimum atomic E-state index is -3.76. The Labute approximate surface area is 116 Å². The second kappa shape index (κ2) is 5.56. The Morgan fingerprint density at radius 2 is 2.11 bits per heavy atom. The van der Waals surface area contributed by atoms with Gasteiger partial charge in [-0.2, -0.15) is 0 Å². The van der Waals surface area contributed by atoms with Crippen molar-refractivity contribution in [2.45, 2.75) is 30.7 Å². The van der Waals surface area contributed by atoms with Crippen molar-refractivity contribution in [3.8, 4) is 0 Å². The molecule has 102 valence electrons. The van der Waals surface area contributed by atoms with Crippen molar-refractivity contribution >= 4 is 31.6 Å². The molecule has 18 heavy (non-hydrogen) atoms. The first kappa shape index (κ1) is 15.4. The third-order valence-corrected chi connectivity index (χ3v) is 4.96. The molecule has 4 N–H and O–H groups in total. The molecular formula is C11H17BrN2O3S. The molecule has 0 saturated heterocycles. The minimum Gasteiger partial charge on any atom is -0.398 e. The fourth-order valence-corrected chi connectivity index (χ4v) is 3.48. The maximum atomic E-state index is 12.2. The van der Waals surface area contributed by atoms with Crippen LogP contribution in [0.5, 0.6) is 0 Å². The summed E-state index contributed by atoms with van der Waals surface area (Å²) in [5.74, 6) is 0. The predicted molar refractivity (Wildman–Crippen MR) is 74.7 cm³/mol. The monoisotopic (exact) mass is 336 g/mol. The highest BCUT2D eigenvalue weighted by Crippen LogP contribution is 2.24. The largest absolute Gasteiger partial charge is 0.398 e. The standard InChI is InChI=1S/C11H17BrN2O3S/c1-3-11(2,7-15)14-18(16,17)10-6-8(12)4-5-9(10)13/h4-6,14-15H,3,7,13H2,1-2H3. The highest BCUT2D eigenvalue weighted by atomic mass is 79.9. The molecule has 5 nitrogen and oxygen atoms in total. The van der Waals surface area contributed by atoms with Gasteiger partial charge in [-0.1, -0.05) is 22.9 Å². The number of anilines is 1. The number of rotatable bonds is 5. The molecule has 0 saturated carbocycles. The first-order valence-corrected chi connectivity index (χ1v) is 7.71. The summed E-state index contributed by atoms with van der Waals surface area (Å²) >= 11 is 3.21. The Morgan fingerprint density at radius 1 is 1.50 bits per heavy atom. The Balaban J connectivity index is 3.18. The molecule has 0 aliphatic carbocycles. The lowest BCUT2D eigenvalue weighted by molar-refractivity contribution is 0.191. The average molecular weight is 337 g/mol. The van der Waals surface area contributed by atoms with Gasteiger partial charge >= 0.3 is 0 Å². The molecule has 0 aromatic heterocycles. The average Bonchev–Trinajstić information content (AvgIpc) is 2.31. The van der Waals surface area contributed by atoms with Crippen molar-refractivity contribution in [3.05, 3.63) is 22.7 Å². The normalized spacial score (nSPS) is 15.3. The van der Waals surface area contributed by atoms with Gasteiger partial charge in [-0.25, -0.2) is 13.1 Å². The lowest BCUT2D eigenvalue weighted by atomic mass is 10.0. The van der Waals surface area contributed by atoms with E-state index in [1.165, 1.54) is 12.1 Å². The van der Waals surface area contributed by atoms with Crippen molar-refractivity contribution in [2.75, 3.05) is 12.3 Å². The van der Waals surface area contributed by atoms with E-state index >= 15 is 0 Å². The third-order valence-electron chi connectivity index (χ3n) is 2.78. The molecule has 0 heterocycles. The quantitative estimate of drug-likeness (QED) is 0.710. The van der Waals surface area contributed by atoms with E-state index in [9.17, 15) is 13.5 Å². The Bertz CT molecular complexity index is 527. The van der Waals surface area contributed by atoms with Crippen LogP contribution in [0.4, 0.5) is 5.69 Å². The summed E-state index contributed by atoms with van der Waals surface area (Å²) < 4.78 is 27.5. The van der Waals surface area contributed by atoms with E-state index in [1.54, 1.807) is 19.9 Å². The zero-order chi connectivity index (χ0) is 14.0. The molecule has 0 aliphatic heterocycles. The predicted octanol–water partition coefficient (Wildman–Crippen LogP) is 1.47. The smallest absolute Gasteiger partial charge is 0.243 e. The lowest BCUT2D eigenvalue weighted by Gasteiger charge is -2.27. The molecule has 0 fully saturated rings. The van der Waals surface area contributed by atoms with Crippen LogP contribution < -0.4 is 10.5 Å². The Hall–Kier alpha value is -0.630. The van der Waals surface area contributed by atoms with Crippen molar-refractivity contribution in [2.24, 2.45) is 0 Å². The Morgan fingerprint density at radius 3 is 2.61 bits per heavy atom. The molecule has 1 atom stereocenters. The van der Waals surface area contributed by atoms with Gasteiger partial charge in [-0.3, -0.25) is 0 Å². The number of aliphatic hydroxyl groups is 1. The summed E-state index contributed by atoms with van der Waals surface area (Å²) in [5.41, 5.74) is 4.95. The third kappa shape index (κ3) is 3.44. The van der Waals surface area contributed by atoms with Crippen LogP contribution in [0.2, 0.25) is 0 Å². The highest BCUT2D eigenvalue weighted by Gasteiger charge is 2.29. The molecule has 7 heteroatoms. The number of nitrogen functional groups attached to an aromatic ring is 1. The molecule has 1 aromatic carbocycles. The fourth-order valence-electron chi connectivity index (χ4n) is 1.34. The molecule has 0 radical (unpaired) electrons. The Kier molecular flexibility index (Phi) is 4.77. The van der Waals surface area contributed by atoms with Gasteiger partial charge in [0.1, 0.15) is 4.90 Å². The van der Waals surface area contributed by atoms with E-state index < -0.39 is 15.6 Å². The topological polar surface area (TPSA) is 92.4 Å². The molecule has 0 aliphatic rings. The van der Waals surface area contributed by atoms with Crippen LogP contribution in [0.25, 0.3) is 0 Å². The lowest BCUT2D eigenvalue weighted by Crippen LogP contribution is -2.48. The SMILES string of the molecule is CCC(C)(CO)NS(=O)(=O)c1cc(Br)ccc1N. The van der Waals surface area contributed by atoms with Crippen molar-refractivity contribution < 1.29 is 13.5 Å². The van der Waals surface area contributed by atoms with Crippen LogP contribution in [0, 0.1) is 0 Å². The van der Waals surface area contributed by atoms with Crippen LogP contribution in [0.3, 0.4) is 0 Å². The number of hydrogen-bond donors (Lipinski definition) is 3. The van der Waals surface area contributed by atoms with Crippen LogP contribution >= 0.6 is 15.9 Å². The number of sulfonamides is 1. The number of nitrogens with two attached hydrogens (primary N) is 1. The van der Waals surface area contributed by atoms with Crippen molar-refractivity contribution in [3.63, 3.8) is 0 Å². The van der Waals surface area contributed by atoms with Crippen LogP contribution in [-0.4, -0.2) is 25.7 Å². The van der Waals surface area contributed by atoms with Gasteiger partial charge in [0.2, 0.25) is 10.0 Å². The first-order valence-electron chi connectivity index (χ1n) is 5.44. The van der Waals surface area contributed by atoms with E-state index in [4.69, 9.17) is 5.73 Å². The minimum absolute atomic E-state index is 0.00463.